The molecule has 6 heteroatoms. The number of carbonyl (C=O) groups is 2. The van der Waals surface area contributed by atoms with Crippen molar-refractivity contribution in [3.05, 3.63) is 93.8 Å². The Morgan fingerprint density at radius 3 is 2.14 bits per heavy atom. The second kappa shape index (κ2) is 8.56. The number of aromatic amines is 1. The van der Waals surface area contributed by atoms with Gasteiger partial charge in [-0.3, -0.25) is 14.4 Å². The minimum Gasteiger partial charge on any atom is -0.366 e. The van der Waals surface area contributed by atoms with Crippen LogP contribution in [0.2, 0.25) is 0 Å². The Kier molecular flexibility index (Phi) is 5.93. The van der Waals surface area contributed by atoms with Gasteiger partial charge >= 0.3 is 0 Å². The molecule has 0 radical (unpaired) electrons. The largest absolute Gasteiger partial charge is 0.366 e. The van der Waals surface area contributed by atoms with Gasteiger partial charge in [0.15, 0.2) is 0 Å². The Morgan fingerprint density at radius 1 is 0.931 bits per heavy atom. The molecule has 2 aromatic carbocycles. The molecular formula is C23H23N3O3. The number of aromatic nitrogens is 1. The maximum absolute atomic E-state index is 12.8. The third-order valence-electron chi connectivity index (χ3n) is 4.75. The Labute approximate surface area is 168 Å². The highest BCUT2D eigenvalue weighted by Gasteiger charge is 2.21. The summed E-state index contributed by atoms with van der Waals surface area (Å²) >= 11 is 0. The van der Waals surface area contributed by atoms with E-state index in [1.165, 1.54) is 6.07 Å². The number of hydrogen-bond acceptors (Lipinski definition) is 3. The number of hydrogen-bond donors (Lipinski definition) is 3. The van der Waals surface area contributed by atoms with Crippen LogP contribution in [-0.2, 0) is 0 Å². The topological polar surface area (TPSA) is 105 Å². The molecule has 0 fully saturated rings. The minimum absolute atomic E-state index is 0.0455. The van der Waals surface area contributed by atoms with Crippen molar-refractivity contribution in [3.63, 3.8) is 0 Å². The Bertz CT molecular complexity index is 1070. The summed E-state index contributed by atoms with van der Waals surface area (Å²) in [5.74, 6) is -0.892. The highest BCUT2D eigenvalue weighted by atomic mass is 16.2. The van der Waals surface area contributed by atoms with Crippen LogP contribution in [0.5, 0.6) is 0 Å². The van der Waals surface area contributed by atoms with E-state index in [1.807, 2.05) is 44.2 Å². The van der Waals surface area contributed by atoms with E-state index < -0.39 is 17.4 Å². The number of amides is 2. The molecule has 0 aliphatic heterocycles. The predicted molar refractivity (Wildman–Crippen MR) is 113 cm³/mol. The number of primary amides is 1. The van der Waals surface area contributed by atoms with Crippen LogP contribution in [0.15, 0.2) is 71.5 Å². The monoisotopic (exact) mass is 389 g/mol. The quantitative estimate of drug-likeness (QED) is 0.602. The molecule has 0 aliphatic carbocycles. The standard InChI is InChI=1S/C23H23N3O3/c1-14(2)20(16-8-10-17(11-9-16)21(24)27)26-23(29)18-12-13-19(25-22(18)28)15-6-4-3-5-7-15/h3-14,20H,1-2H3,(H2,24,27)(H,25,28)(H,26,29). The van der Waals surface area contributed by atoms with Gasteiger partial charge in [0, 0.05) is 11.3 Å². The summed E-state index contributed by atoms with van der Waals surface area (Å²) in [5.41, 5.74) is 7.62. The first kappa shape index (κ1) is 20.1. The van der Waals surface area contributed by atoms with Crippen molar-refractivity contribution in [2.24, 2.45) is 11.7 Å². The smallest absolute Gasteiger partial charge is 0.261 e. The molecule has 0 bridgehead atoms. The summed E-state index contributed by atoms with van der Waals surface area (Å²) in [6, 6.07) is 19.1. The van der Waals surface area contributed by atoms with Crippen molar-refractivity contribution >= 4 is 11.8 Å². The van der Waals surface area contributed by atoms with Gasteiger partial charge < -0.3 is 16.0 Å². The van der Waals surface area contributed by atoms with Crippen LogP contribution in [0, 0.1) is 5.92 Å². The van der Waals surface area contributed by atoms with Gasteiger partial charge in [-0.05, 0) is 41.3 Å². The summed E-state index contributed by atoms with van der Waals surface area (Å²) in [6.45, 7) is 3.94. The molecule has 29 heavy (non-hydrogen) atoms. The fourth-order valence-corrected chi connectivity index (χ4v) is 3.15. The van der Waals surface area contributed by atoms with Crippen molar-refractivity contribution in [2.75, 3.05) is 0 Å². The molecule has 3 aromatic rings. The molecule has 0 aliphatic rings. The third-order valence-corrected chi connectivity index (χ3v) is 4.75. The zero-order valence-corrected chi connectivity index (χ0v) is 16.3. The molecule has 1 unspecified atom stereocenters. The van der Waals surface area contributed by atoms with E-state index in [-0.39, 0.29) is 17.5 Å². The Balaban J connectivity index is 1.83. The number of nitrogens with one attached hydrogen (secondary N) is 2. The molecule has 1 atom stereocenters. The van der Waals surface area contributed by atoms with Gasteiger partial charge in [-0.15, -0.1) is 0 Å². The van der Waals surface area contributed by atoms with Crippen LogP contribution < -0.4 is 16.6 Å². The average molecular weight is 389 g/mol. The Hall–Kier alpha value is -3.67. The molecule has 6 nitrogen and oxygen atoms in total. The zero-order valence-electron chi connectivity index (χ0n) is 16.3. The fourth-order valence-electron chi connectivity index (χ4n) is 3.15. The molecule has 3 rings (SSSR count). The SMILES string of the molecule is CC(C)C(NC(=O)c1ccc(-c2ccccc2)[nH]c1=O)c1ccc(C(N)=O)cc1. The summed E-state index contributed by atoms with van der Waals surface area (Å²) in [5, 5.41) is 2.92. The number of rotatable bonds is 6. The number of carbonyl (C=O) groups excluding carboxylic acids is 2. The second-order valence-corrected chi connectivity index (χ2v) is 7.16. The van der Waals surface area contributed by atoms with Gasteiger partial charge in [0.2, 0.25) is 5.91 Å². The van der Waals surface area contributed by atoms with E-state index in [0.29, 0.717) is 11.3 Å². The van der Waals surface area contributed by atoms with E-state index in [9.17, 15) is 14.4 Å². The molecule has 1 aromatic heterocycles. The van der Waals surface area contributed by atoms with Crippen molar-refractivity contribution in [1.82, 2.24) is 10.3 Å². The van der Waals surface area contributed by atoms with Crippen LogP contribution in [0.4, 0.5) is 0 Å². The minimum atomic E-state index is -0.508. The van der Waals surface area contributed by atoms with Gasteiger partial charge in [0.05, 0.1) is 6.04 Å². The fraction of sp³-hybridized carbons (Fsp3) is 0.174. The first-order valence-electron chi connectivity index (χ1n) is 9.36. The Morgan fingerprint density at radius 2 is 1.59 bits per heavy atom. The van der Waals surface area contributed by atoms with Crippen molar-refractivity contribution < 1.29 is 9.59 Å². The van der Waals surface area contributed by atoms with Crippen LogP contribution in [0.3, 0.4) is 0 Å². The van der Waals surface area contributed by atoms with Gasteiger partial charge in [0.1, 0.15) is 5.56 Å². The molecule has 4 N–H and O–H groups in total. The molecule has 0 saturated carbocycles. The van der Waals surface area contributed by atoms with Gasteiger partial charge in [-0.25, -0.2) is 0 Å². The van der Waals surface area contributed by atoms with Crippen molar-refractivity contribution in [3.8, 4) is 11.3 Å². The predicted octanol–water partition coefficient (Wildman–Crippen LogP) is 3.27. The van der Waals surface area contributed by atoms with E-state index in [4.69, 9.17) is 5.73 Å². The molecular weight excluding hydrogens is 366 g/mol. The molecule has 0 saturated heterocycles. The highest BCUT2D eigenvalue weighted by molar-refractivity contribution is 5.94. The first-order valence-corrected chi connectivity index (χ1v) is 9.36. The van der Waals surface area contributed by atoms with Gasteiger partial charge in [-0.1, -0.05) is 56.3 Å². The highest BCUT2D eigenvalue weighted by Crippen LogP contribution is 2.23. The first-order chi connectivity index (χ1) is 13.9. The van der Waals surface area contributed by atoms with E-state index in [0.717, 1.165) is 11.1 Å². The van der Waals surface area contributed by atoms with Crippen LogP contribution in [0.1, 0.15) is 46.2 Å². The van der Waals surface area contributed by atoms with Crippen molar-refractivity contribution in [2.45, 2.75) is 19.9 Å². The van der Waals surface area contributed by atoms with Gasteiger partial charge in [0.25, 0.3) is 11.5 Å². The molecule has 148 valence electrons. The molecule has 0 spiro atoms. The lowest BCUT2D eigenvalue weighted by Gasteiger charge is -2.23. The average Bonchev–Trinajstić information content (AvgIpc) is 2.72. The lowest BCUT2D eigenvalue weighted by Crippen LogP contribution is -2.35. The lowest BCUT2D eigenvalue weighted by molar-refractivity contribution is 0.0923. The van der Waals surface area contributed by atoms with Crippen molar-refractivity contribution in [1.29, 1.82) is 0 Å². The second-order valence-electron chi connectivity index (χ2n) is 7.16. The summed E-state index contributed by atoms with van der Waals surface area (Å²) in [6.07, 6.45) is 0. The number of nitrogens with two attached hydrogens (primary N) is 1. The zero-order chi connectivity index (χ0) is 21.0. The summed E-state index contributed by atoms with van der Waals surface area (Å²) in [7, 11) is 0. The van der Waals surface area contributed by atoms with E-state index >= 15 is 0 Å². The van der Waals surface area contributed by atoms with Crippen LogP contribution >= 0.6 is 0 Å². The number of benzene rings is 2. The lowest BCUT2D eigenvalue weighted by atomic mass is 9.94. The maximum Gasteiger partial charge on any atom is 0.261 e. The third kappa shape index (κ3) is 4.60. The van der Waals surface area contributed by atoms with Gasteiger partial charge in [-0.2, -0.15) is 0 Å². The summed E-state index contributed by atoms with van der Waals surface area (Å²) < 4.78 is 0. The van der Waals surface area contributed by atoms with Crippen LogP contribution in [0.25, 0.3) is 11.3 Å². The normalized spacial score (nSPS) is 11.8. The molecule has 2 amide bonds. The number of pyridine rings is 1. The molecule has 1 heterocycles. The maximum atomic E-state index is 12.8. The van der Waals surface area contributed by atoms with Crippen LogP contribution in [-0.4, -0.2) is 16.8 Å². The van der Waals surface area contributed by atoms with E-state index in [2.05, 4.69) is 10.3 Å². The summed E-state index contributed by atoms with van der Waals surface area (Å²) in [4.78, 5) is 39.3. The van der Waals surface area contributed by atoms with E-state index in [1.54, 1.807) is 30.3 Å². The number of H-pyrrole nitrogens is 1.